The molecule has 0 bridgehead atoms. The zero-order chi connectivity index (χ0) is 12.5. The Morgan fingerprint density at radius 1 is 1.44 bits per heavy atom. The molecule has 0 saturated carbocycles. The first-order valence-electron chi connectivity index (χ1n) is 6.40. The first kappa shape index (κ1) is 11.5. The summed E-state index contributed by atoms with van der Waals surface area (Å²) in [6, 6.07) is 8.22. The van der Waals surface area contributed by atoms with Gasteiger partial charge in [-0.3, -0.25) is 4.79 Å². The maximum Gasteiger partial charge on any atom is 0.157 e. The first-order valence-corrected chi connectivity index (χ1v) is 6.40. The number of carbonyl (C=O) groups excluding carboxylic acids is 1. The number of rotatable bonds is 3. The van der Waals surface area contributed by atoms with Crippen molar-refractivity contribution in [3.8, 4) is 0 Å². The van der Waals surface area contributed by atoms with Gasteiger partial charge >= 0.3 is 0 Å². The van der Waals surface area contributed by atoms with Crippen molar-refractivity contribution in [1.29, 1.82) is 0 Å². The third-order valence-electron chi connectivity index (χ3n) is 3.70. The van der Waals surface area contributed by atoms with Crippen LogP contribution < -0.4 is 0 Å². The number of aryl methyl sites for hydroxylation is 1. The van der Waals surface area contributed by atoms with Crippen molar-refractivity contribution in [3.05, 3.63) is 36.0 Å². The summed E-state index contributed by atoms with van der Waals surface area (Å²) < 4.78 is 7.34. The molecule has 1 aromatic heterocycles. The molecule has 3 heteroatoms. The quantitative estimate of drug-likeness (QED) is 0.829. The molecule has 1 saturated heterocycles. The van der Waals surface area contributed by atoms with Crippen LogP contribution in [0.3, 0.4) is 0 Å². The summed E-state index contributed by atoms with van der Waals surface area (Å²) in [7, 11) is 0. The minimum atomic E-state index is 0.0893. The molecule has 0 radical (unpaired) electrons. The predicted molar refractivity (Wildman–Crippen MR) is 70.6 cm³/mol. The van der Waals surface area contributed by atoms with Crippen LogP contribution in [0.2, 0.25) is 0 Å². The Labute approximate surface area is 106 Å². The fourth-order valence-electron chi connectivity index (χ4n) is 2.65. The van der Waals surface area contributed by atoms with E-state index in [-0.39, 0.29) is 11.7 Å². The van der Waals surface area contributed by atoms with Crippen molar-refractivity contribution in [3.63, 3.8) is 0 Å². The Balaban J connectivity index is 1.88. The molecule has 3 rings (SSSR count). The highest BCUT2D eigenvalue weighted by Gasteiger charge is 2.23. The molecule has 1 aromatic carbocycles. The summed E-state index contributed by atoms with van der Waals surface area (Å²) in [5.74, 6) is 0.375. The molecule has 0 N–H and O–H groups in total. The van der Waals surface area contributed by atoms with Crippen molar-refractivity contribution in [2.45, 2.75) is 19.9 Å². The van der Waals surface area contributed by atoms with Gasteiger partial charge in [0, 0.05) is 29.6 Å². The number of para-hydroxylation sites is 1. The second-order valence-electron chi connectivity index (χ2n) is 4.98. The predicted octanol–water partition coefficient (Wildman–Crippen LogP) is 2.56. The molecule has 1 unspecified atom stereocenters. The van der Waals surface area contributed by atoms with Gasteiger partial charge in [-0.25, -0.2) is 0 Å². The molecule has 1 aliphatic rings. The van der Waals surface area contributed by atoms with E-state index in [1.54, 1.807) is 0 Å². The SMILES string of the molecule is Cc1cn(CC(=O)C2CCOC2)c2ccccc12. The Hall–Kier alpha value is -1.61. The lowest BCUT2D eigenvalue weighted by molar-refractivity contribution is -0.123. The van der Waals surface area contributed by atoms with Crippen LogP contribution in [0.4, 0.5) is 0 Å². The van der Waals surface area contributed by atoms with Crippen LogP contribution in [0.25, 0.3) is 10.9 Å². The average molecular weight is 243 g/mol. The topological polar surface area (TPSA) is 31.2 Å². The lowest BCUT2D eigenvalue weighted by Crippen LogP contribution is -2.19. The highest BCUT2D eigenvalue weighted by molar-refractivity contribution is 5.87. The van der Waals surface area contributed by atoms with Gasteiger partial charge in [0.2, 0.25) is 0 Å². The first-order chi connectivity index (χ1) is 8.75. The van der Waals surface area contributed by atoms with Gasteiger partial charge < -0.3 is 9.30 Å². The standard InChI is InChI=1S/C15H17NO2/c1-11-8-16(14-5-3-2-4-13(11)14)9-15(17)12-6-7-18-10-12/h2-5,8,12H,6-7,9-10H2,1H3. The van der Waals surface area contributed by atoms with Crippen LogP contribution in [-0.4, -0.2) is 23.6 Å². The lowest BCUT2D eigenvalue weighted by Gasteiger charge is -2.08. The third-order valence-corrected chi connectivity index (χ3v) is 3.70. The van der Waals surface area contributed by atoms with Gasteiger partial charge in [-0.05, 0) is 25.0 Å². The number of hydrogen-bond donors (Lipinski definition) is 0. The van der Waals surface area contributed by atoms with E-state index in [4.69, 9.17) is 4.74 Å². The monoisotopic (exact) mass is 243 g/mol. The number of fused-ring (bicyclic) bond motifs is 1. The summed E-state index contributed by atoms with van der Waals surface area (Å²) >= 11 is 0. The number of ether oxygens (including phenoxy) is 1. The molecule has 0 aliphatic carbocycles. The van der Waals surface area contributed by atoms with Crippen LogP contribution in [-0.2, 0) is 16.1 Å². The summed E-state index contributed by atoms with van der Waals surface area (Å²) in [6.45, 7) is 3.86. The van der Waals surface area contributed by atoms with Gasteiger partial charge in [0.1, 0.15) is 0 Å². The molecular formula is C15H17NO2. The largest absolute Gasteiger partial charge is 0.381 e. The van der Waals surface area contributed by atoms with Gasteiger partial charge in [-0.2, -0.15) is 0 Å². The van der Waals surface area contributed by atoms with Crippen LogP contribution in [0, 0.1) is 12.8 Å². The number of nitrogens with zero attached hydrogens (tertiary/aromatic N) is 1. The van der Waals surface area contributed by atoms with Crippen molar-refractivity contribution < 1.29 is 9.53 Å². The van der Waals surface area contributed by atoms with Gasteiger partial charge in [0.25, 0.3) is 0 Å². The fourth-order valence-corrected chi connectivity index (χ4v) is 2.65. The Bertz CT molecular complexity index is 579. The van der Waals surface area contributed by atoms with Gasteiger partial charge in [-0.1, -0.05) is 18.2 Å². The van der Waals surface area contributed by atoms with Gasteiger partial charge in [0.15, 0.2) is 5.78 Å². The van der Waals surface area contributed by atoms with Crippen LogP contribution in [0.5, 0.6) is 0 Å². The number of carbonyl (C=O) groups is 1. The average Bonchev–Trinajstić information content (AvgIpc) is 3.00. The number of Topliss-reactive ketones (excluding diaryl/α,β-unsaturated/α-hetero) is 1. The second kappa shape index (κ2) is 4.58. The molecule has 1 fully saturated rings. The summed E-state index contributed by atoms with van der Waals surface area (Å²) in [5.41, 5.74) is 2.36. The number of benzene rings is 1. The Kier molecular flexibility index (Phi) is 2.92. The molecule has 1 atom stereocenters. The van der Waals surface area contributed by atoms with Crippen molar-refractivity contribution in [2.75, 3.05) is 13.2 Å². The molecule has 2 heterocycles. The van der Waals surface area contributed by atoms with Gasteiger partial charge in [-0.15, -0.1) is 0 Å². The second-order valence-corrected chi connectivity index (χ2v) is 4.98. The van der Waals surface area contributed by atoms with E-state index in [0.717, 1.165) is 18.5 Å². The highest BCUT2D eigenvalue weighted by Crippen LogP contribution is 2.22. The van der Waals surface area contributed by atoms with E-state index in [2.05, 4.69) is 29.8 Å². The van der Waals surface area contributed by atoms with Crippen molar-refractivity contribution >= 4 is 16.7 Å². The zero-order valence-corrected chi connectivity index (χ0v) is 10.6. The van der Waals surface area contributed by atoms with Gasteiger partial charge in [0.05, 0.1) is 13.2 Å². The minimum absolute atomic E-state index is 0.0893. The molecule has 3 nitrogen and oxygen atoms in total. The van der Waals surface area contributed by atoms with E-state index in [9.17, 15) is 4.79 Å². The molecule has 94 valence electrons. The normalized spacial score (nSPS) is 19.5. The summed E-state index contributed by atoms with van der Waals surface area (Å²) in [6.07, 6.45) is 2.94. The Morgan fingerprint density at radius 3 is 3.06 bits per heavy atom. The van der Waals surface area contributed by atoms with E-state index < -0.39 is 0 Å². The zero-order valence-electron chi connectivity index (χ0n) is 10.6. The number of ketones is 1. The molecule has 0 amide bonds. The lowest BCUT2D eigenvalue weighted by atomic mass is 10.0. The molecule has 2 aromatic rings. The molecule has 0 spiro atoms. The van der Waals surface area contributed by atoms with E-state index >= 15 is 0 Å². The highest BCUT2D eigenvalue weighted by atomic mass is 16.5. The van der Waals surface area contributed by atoms with E-state index in [1.807, 2.05) is 12.1 Å². The van der Waals surface area contributed by atoms with E-state index in [1.165, 1.54) is 10.9 Å². The molecule has 18 heavy (non-hydrogen) atoms. The number of hydrogen-bond acceptors (Lipinski definition) is 2. The number of aromatic nitrogens is 1. The maximum atomic E-state index is 12.2. The molecule has 1 aliphatic heterocycles. The van der Waals surface area contributed by atoms with E-state index in [0.29, 0.717) is 13.2 Å². The van der Waals surface area contributed by atoms with Crippen LogP contribution in [0.15, 0.2) is 30.5 Å². The molecular weight excluding hydrogens is 226 g/mol. The van der Waals surface area contributed by atoms with Crippen molar-refractivity contribution in [2.24, 2.45) is 5.92 Å². The van der Waals surface area contributed by atoms with Crippen LogP contribution in [0.1, 0.15) is 12.0 Å². The summed E-state index contributed by atoms with van der Waals surface area (Å²) in [4.78, 5) is 12.2. The smallest absolute Gasteiger partial charge is 0.157 e. The van der Waals surface area contributed by atoms with Crippen molar-refractivity contribution in [1.82, 2.24) is 4.57 Å². The Morgan fingerprint density at radius 2 is 2.28 bits per heavy atom. The third kappa shape index (κ3) is 1.95. The fraction of sp³-hybridized carbons (Fsp3) is 0.400. The summed E-state index contributed by atoms with van der Waals surface area (Å²) in [5, 5.41) is 1.23. The minimum Gasteiger partial charge on any atom is -0.381 e. The maximum absolute atomic E-state index is 12.2. The van der Waals surface area contributed by atoms with Crippen LogP contribution >= 0.6 is 0 Å².